The first-order valence-corrected chi connectivity index (χ1v) is 13.4. The Morgan fingerprint density at radius 3 is 2.27 bits per heavy atom. The van der Waals surface area contributed by atoms with Crippen molar-refractivity contribution in [1.29, 1.82) is 0 Å². The van der Waals surface area contributed by atoms with Crippen molar-refractivity contribution in [3.8, 4) is 0 Å². The summed E-state index contributed by atoms with van der Waals surface area (Å²) in [4.78, 5) is 15.5. The smallest absolute Gasteiger partial charge is 0.268 e. The van der Waals surface area contributed by atoms with Gasteiger partial charge in [0.25, 0.3) is 5.91 Å². The molecule has 4 rings (SSSR count). The van der Waals surface area contributed by atoms with E-state index in [2.05, 4.69) is 48.3 Å². The van der Waals surface area contributed by atoms with Gasteiger partial charge >= 0.3 is 0 Å². The van der Waals surface area contributed by atoms with Gasteiger partial charge in [-0.05, 0) is 48.3 Å². The van der Waals surface area contributed by atoms with Gasteiger partial charge < -0.3 is 9.88 Å². The Kier molecular flexibility index (Phi) is 7.26. The van der Waals surface area contributed by atoms with Crippen LogP contribution < -0.4 is 5.32 Å². The molecule has 0 saturated carbocycles. The van der Waals surface area contributed by atoms with Crippen molar-refractivity contribution in [2.45, 2.75) is 51.1 Å². The molecule has 2 atom stereocenters. The van der Waals surface area contributed by atoms with E-state index in [0.29, 0.717) is 25.3 Å². The average molecular weight is 473 g/mol. The highest BCUT2D eigenvalue weighted by atomic mass is 32.2. The van der Waals surface area contributed by atoms with Gasteiger partial charge in [0.2, 0.25) is 10.0 Å². The van der Waals surface area contributed by atoms with Crippen LogP contribution in [-0.2, 0) is 30.2 Å². The molecule has 0 aliphatic carbocycles. The predicted molar refractivity (Wildman–Crippen MR) is 129 cm³/mol. The first-order valence-electron chi connectivity index (χ1n) is 12.0. The first-order chi connectivity index (χ1) is 15.7. The fourth-order valence-corrected chi connectivity index (χ4v) is 6.78. The zero-order valence-corrected chi connectivity index (χ0v) is 20.8. The largest absolute Gasteiger partial charge is 0.347 e. The molecule has 2 saturated heterocycles. The number of hydrogen-bond donors (Lipinski definition) is 1. The lowest BCUT2D eigenvalue weighted by atomic mass is 9.91. The molecule has 3 heterocycles. The minimum atomic E-state index is -3.54. The molecule has 180 valence electrons. The van der Waals surface area contributed by atoms with E-state index in [1.807, 2.05) is 0 Å². The van der Waals surface area contributed by atoms with E-state index in [9.17, 15) is 13.2 Å². The number of sulfonamides is 1. The monoisotopic (exact) mass is 472 g/mol. The molecule has 2 aromatic rings. The van der Waals surface area contributed by atoms with Gasteiger partial charge in [-0.1, -0.05) is 38.1 Å². The van der Waals surface area contributed by atoms with Crippen molar-refractivity contribution in [3.63, 3.8) is 0 Å². The van der Waals surface area contributed by atoms with Crippen LogP contribution in [0.25, 0.3) is 0 Å². The van der Waals surface area contributed by atoms with Crippen molar-refractivity contribution < 1.29 is 13.2 Å². The predicted octanol–water partition coefficient (Wildman–Crippen LogP) is 3.22. The molecule has 1 N–H and O–H groups in total. The Morgan fingerprint density at radius 1 is 1.03 bits per heavy atom. The van der Waals surface area contributed by atoms with Gasteiger partial charge in [0.05, 0.1) is 0 Å². The number of hydrogen-bond acceptors (Lipinski definition) is 4. The maximum absolute atomic E-state index is 12.8. The molecule has 2 aliphatic rings. The Morgan fingerprint density at radius 2 is 1.64 bits per heavy atom. The minimum Gasteiger partial charge on any atom is -0.347 e. The second kappa shape index (κ2) is 9.99. The molecule has 1 amide bonds. The lowest BCUT2D eigenvalue weighted by Crippen LogP contribution is -2.38. The van der Waals surface area contributed by atoms with Crippen molar-refractivity contribution >= 4 is 15.9 Å². The standard InChI is InChI=1S/C25H36N4O3S/c1-19-12-20(2)16-28(15-19)17-22-8-6-21(7-9-22)14-26-25(30)24-13-23(18-27(24)3)33(31,32)29-10-4-5-11-29/h6-9,13,18-20H,4-5,10-12,14-17H2,1-3H3,(H,26,30). The number of carbonyl (C=O) groups is 1. The maximum Gasteiger partial charge on any atom is 0.268 e. The number of amides is 1. The van der Waals surface area contributed by atoms with E-state index < -0.39 is 10.0 Å². The molecule has 1 aromatic heterocycles. The summed E-state index contributed by atoms with van der Waals surface area (Å²) < 4.78 is 28.7. The summed E-state index contributed by atoms with van der Waals surface area (Å²) in [5.74, 6) is 1.21. The van der Waals surface area contributed by atoms with E-state index >= 15 is 0 Å². The Bertz CT molecular complexity index is 1060. The summed E-state index contributed by atoms with van der Waals surface area (Å²) in [7, 11) is -1.83. The highest BCUT2D eigenvalue weighted by Crippen LogP contribution is 2.24. The van der Waals surface area contributed by atoms with E-state index in [1.54, 1.807) is 11.6 Å². The molecule has 2 unspecified atom stereocenters. The van der Waals surface area contributed by atoms with Crippen LogP contribution in [0.3, 0.4) is 0 Å². The summed E-state index contributed by atoms with van der Waals surface area (Å²) in [6.45, 7) is 9.39. The van der Waals surface area contributed by atoms with Gasteiger partial charge in [0.15, 0.2) is 0 Å². The Labute approximate surface area is 197 Å². The van der Waals surface area contributed by atoms with Gasteiger partial charge in [-0.2, -0.15) is 4.31 Å². The number of nitrogens with zero attached hydrogens (tertiary/aromatic N) is 3. The third kappa shape index (κ3) is 5.67. The molecule has 2 fully saturated rings. The SMILES string of the molecule is CC1CC(C)CN(Cc2ccc(CNC(=O)c3cc(S(=O)(=O)N4CCCC4)cn3C)cc2)C1. The molecule has 33 heavy (non-hydrogen) atoms. The molecular weight excluding hydrogens is 436 g/mol. The summed E-state index contributed by atoms with van der Waals surface area (Å²) >= 11 is 0. The van der Waals surface area contributed by atoms with E-state index in [-0.39, 0.29) is 10.8 Å². The fraction of sp³-hybridized carbons (Fsp3) is 0.560. The van der Waals surface area contributed by atoms with Gasteiger partial charge in [-0.3, -0.25) is 9.69 Å². The quantitative estimate of drug-likeness (QED) is 0.672. The first kappa shape index (κ1) is 24.0. The molecule has 2 aliphatic heterocycles. The van der Waals surface area contributed by atoms with Gasteiger partial charge in [-0.15, -0.1) is 0 Å². The molecular formula is C25H36N4O3S. The van der Waals surface area contributed by atoms with Crippen LogP contribution >= 0.6 is 0 Å². The number of benzene rings is 1. The zero-order valence-electron chi connectivity index (χ0n) is 20.0. The van der Waals surface area contributed by atoms with E-state index in [1.165, 1.54) is 28.6 Å². The van der Waals surface area contributed by atoms with Gasteiger partial charge in [0, 0.05) is 52.5 Å². The third-order valence-electron chi connectivity index (χ3n) is 6.74. The summed E-state index contributed by atoms with van der Waals surface area (Å²) in [6, 6.07) is 9.86. The number of aryl methyl sites for hydroxylation is 1. The molecule has 1 aromatic carbocycles. The molecule has 8 heteroatoms. The van der Waals surface area contributed by atoms with Crippen molar-refractivity contribution in [1.82, 2.24) is 19.1 Å². The fourth-order valence-electron chi connectivity index (χ4n) is 5.19. The number of carbonyl (C=O) groups excluding carboxylic acids is 1. The van der Waals surface area contributed by atoms with Crippen LogP contribution in [0.5, 0.6) is 0 Å². The highest BCUT2D eigenvalue weighted by molar-refractivity contribution is 7.89. The molecule has 0 bridgehead atoms. The summed E-state index contributed by atoms with van der Waals surface area (Å²) in [5.41, 5.74) is 2.65. The maximum atomic E-state index is 12.8. The Balaban J connectivity index is 1.34. The van der Waals surface area contributed by atoms with Crippen LogP contribution in [0.1, 0.15) is 54.7 Å². The number of rotatable bonds is 7. The average Bonchev–Trinajstić information content (AvgIpc) is 3.43. The van der Waals surface area contributed by atoms with E-state index in [4.69, 9.17) is 0 Å². The zero-order chi connectivity index (χ0) is 23.6. The molecule has 0 spiro atoms. The van der Waals surface area contributed by atoms with Crippen LogP contribution in [0, 0.1) is 11.8 Å². The second-order valence-electron chi connectivity index (χ2n) is 9.92. The normalized spacial score (nSPS) is 22.5. The number of likely N-dealkylation sites (tertiary alicyclic amines) is 1. The topological polar surface area (TPSA) is 74.7 Å². The minimum absolute atomic E-state index is 0.183. The lowest BCUT2D eigenvalue weighted by Gasteiger charge is -2.35. The lowest BCUT2D eigenvalue weighted by molar-refractivity contribution is 0.0942. The third-order valence-corrected chi connectivity index (χ3v) is 8.61. The number of aromatic nitrogens is 1. The van der Waals surface area contributed by atoms with Gasteiger partial charge in [-0.25, -0.2) is 8.42 Å². The number of piperidine rings is 1. The molecule has 7 nitrogen and oxygen atoms in total. The second-order valence-corrected chi connectivity index (χ2v) is 11.9. The van der Waals surface area contributed by atoms with Crippen LogP contribution in [0.4, 0.5) is 0 Å². The van der Waals surface area contributed by atoms with Crippen molar-refractivity contribution in [2.75, 3.05) is 26.2 Å². The van der Waals surface area contributed by atoms with Gasteiger partial charge in [0.1, 0.15) is 10.6 Å². The van der Waals surface area contributed by atoms with Crippen LogP contribution in [-0.4, -0.2) is 54.3 Å². The van der Waals surface area contributed by atoms with Crippen LogP contribution in [0.2, 0.25) is 0 Å². The Hall–Kier alpha value is -2.16. The summed E-state index contributed by atoms with van der Waals surface area (Å²) in [5, 5.41) is 2.92. The van der Waals surface area contributed by atoms with Crippen LogP contribution in [0.15, 0.2) is 41.4 Å². The molecule has 0 radical (unpaired) electrons. The highest BCUT2D eigenvalue weighted by Gasteiger charge is 2.29. The van der Waals surface area contributed by atoms with E-state index in [0.717, 1.165) is 49.9 Å². The number of nitrogens with one attached hydrogen (secondary N) is 1. The van der Waals surface area contributed by atoms with Crippen molar-refractivity contribution in [2.24, 2.45) is 18.9 Å². The van der Waals surface area contributed by atoms with Crippen molar-refractivity contribution in [3.05, 3.63) is 53.3 Å². The summed E-state index contributed by atoms with van der Waals surface area (Å²) in [6.07, 6.45) is 4.60.